The predicted octanol–water partition coefficient (Wildman–Crippen LogP) is 4.82. The Bertz CT molecular complexity index is 902. The SMILES string of the molecule is NC1C2=C(CN(C3CC3)C2)Nc2c(-c3cc(Cl)ccc3Cl)cccc21. The van der Waals surface area contributed by atoms with Gasteiger partial charge < -0.3 is 11.1 Å². The minimum Gasteiger partial charge on any atom is -0.357 e. The number of hydrogen-bond donors (Lipinski definition) is 2. The fourth-order valence-electron chi connectivity index (χ4n) is 4.01. The van der Waals surface area contributed by atoms with Crippen molar-refractivity contribution in [3.8, 4) is 11.1 Å². The number of nitrogens with two attached hydrogens (primary N) is 1. The van der Waals surface area contributed by atoms with Crippen LogP contribution in [0.3, 0.4) is 0 Å². The number of halogens is 2. The van der Waals surface area contributed by atoms with Gasteiger partial charge in [-0.25, -0.2) is 0 Å². The molecular formula is C20H19Cl2N3. The number of benzene rings is 2. The van der Waals surface area contributed by atoms with E-state index in [2.05, 4.69) is 22.3 Å². The molecule has 0 bridgehead atoms. The lowest BCUT2D eigenvalue weighted by atomic mass is 9.89. The van der Waals surface area contributed by atoms with E-state index in [0.29, 0.717) is 10.0 Å². The summed E-state index contributed by atoms with van der Waals surface area (Å²) in [5.74, 6) is 0. The summed E-state index contributed by atoms with van der Waals surface area (Å²) in [4.78, 5) is 2.54. The molecule has 2 aromatic rings. The molecule has 5 rings (SSSR count). The first-order chi connectivity index (χ1) is 12.1. The number of hydrogen-bond acceptors (Lipinski definition) is 3. The molecule has 0 radical (unpaired) electrons. The van der Waals surface area contributed by atoms with Crippen molar-refractivity contribution in [2.75, 3.05) is 18.4 Å². The summed E-state index contributed by atoms with van der Waals surface area (Å²) >= 11 is 12.7. The normalized spacial score (nSPS) is 22.6. The lowest BCUT2D eigenvalue weighted by molar-refractivity contribution is 0.332. The van der Waals surface area contributed by atoms with Gasteiger partial charge in [0.25, 0.3) is 0 Å². The number of nitrogens with zero attached hydrogens (tertiary/aromatic N) is 1. The minimum absolute atomic E-state index is 0.0621. The molecule has 0 saturated heterocycles. The fourth-order valence-corrected chi connectivity index (χ4v) is 4.41. The molecule has 1 aliphatic carbocycles. The number of anilines is 1. The van der Waals surface area contributed by atoms with E-state index < -0.39 is 0 Å². The monoisotopic (exact) mass is 371 g/mol. The van der Waals surface area contributed by atoms with Gasteiger partial charge in [0, 0.05) is 46.0 Å². The van der Waals surface area contributed by atoms with Crippen LogP contribution in [0.1, 0.15) is 24.4 Å². The van der Waals surface area contributed by atoms with Crippen LogP contribution >= 0.6 is 23.2 Å². The topological polar surface area (TPSA) is 41.3 Å². The molecular weight excluding hydrogens is 353 g/mol. The van der Waals surface area contributed by atoms with Crippen LogP contribution in [-0.4, -0.2) is 24.0 Å². The van der Waals surface area contributed by atoms with Crippen LogP contribution in [0.4, 0.5) is 5.69 Å². The summed E-state index contributed by atoms with van der Waals surface area (Å²) in [6.45, 7) is 1.94. The molecule has 128 valence electrons. The van der Waals surface area contributed by atoms with Gasteiger partial charge in [-0.2, -0.15) is 0 Å². The van der Waals surface area contributed by atoms with Gasteiger partial charge in [0.05, 0.1) is 11.7 Å². The molecule has 0 spiro atoms. The van der Waals surface area contributed by atoms with E-state index in [1.807, 2.05) is 24.3 Å². The Morgan fingerprint density at radius 2 is 1.88 bits per heavy atom. The standard InChI is InChI=1S/C20H19Cl2N3/c21-11-4-7-17(22)15(8-11)13-2-1-3-14-19(23)16-9-25(12-5-6-12)10-18(16)24-20(13)14/h1-4,7-8,12,19,24H,5-6,9-10,23H2. The van der Waals surface area contributed by atoms with Crippen LogP contribution in [-0.2, 0) is 0 Å². The van der Waals surface area contributed by atoms with Crippen LogP contribution < -0.4 is 11.1 Å². The van der Waals surface area contributed by atoms with Gasteiger partial charge in [-0.15, -0.1) is 0 Å². The molecule has 25 heavy (non-hydrogen) atoms. The zero-order chi connectivity index (χ0) is 17.1. The number of rotatable bonds is 2. The molecule has 1 atom stereocenters. The van der Waals surface area contributed by atoms with Crippen LogP contribution in [0, 0.1) is 0 Å². The average molecular weight is 372 g/mol. The second-order valence-corrected chi connectivity index (χ2v) is 7.98. The first-order valence-corrected chi connectivity index (χ1v) is 9.44. The summed E-state index contributed by atoms with van der Waals surface area (Å²) in [6, 6.07) is 12.5. The summed E-state index contributed by atoms with van der Waals surface area (Å²) < 4.78 is 0. The van der Waals surface area contributed by atoms with Crippen molar-refractivity contribution in [2.24, 2.45) is 5.73 Å². The molecule has 0 aromatic heterocycles. The van der Waals surface area contributed by atoms with Crippen LogP contribution in [0.15, 0.2) is 47.7 Å². The maximum absolute atomic E-state index is 6.65. The maximum atomic E-state index is 6.65. The van der Waals surface area contributed by atoms with Gasteiger partial charge >= 0.3 is 0 Å². The highest BCUT2D eigenvalue weighted by molar-refractivity contribution is 6.35. The molecule has 1 unspecified atom stereocenters. The molecule has 3 nitrogen and oxygen atoms in total. The van der Waals surface area contributed by atoms with Gasteiger partial charge in [0.15, 0.2) is 0 Å². The smallest absolute Gasteiger partial charge is 0.0564 e. The maximum Gasteiger partial charge on any atom is 0.0564 e. The van der Waals surface area contributed by atoms with E-state index in [4.69, 9.17) is 28.9 Å². The number of fused-ring (bicyclic) bond motifs is 1. The highest BCUT2D eigenvalue weighted by atomic mass is 35.5. The molecule has 0 amide bonds. The Labute approximate surface area is 157 Å². The Hall–Kier alpha value is -1.52. The van der Waals surface area contributed by atoms with Crippen molar-refractivity contribution < 1.29 is 0 Å². The van der Waals surface area contributed by atoms with Crippen molar-refractivity contribution in [1.82, 2.24) is 4.90 Å². The van der Waals surface area contributed by atoms with Crippen LogP contribution in [0.5, 0.6) is 0 Å². The van der Waals surface area contributed by atoms with Crippen LogP contribution in [0.25, 0.3) is 11.1 Å². The van der Waals surface area contributed by atoms with Gasteiger partial charge in [-0.3, -0.25) is 4.90 Å². The summed E-state index contributed by atoms with van der Waals surface area (Å²) in [5, 5.41) is 5.04. The van der Waals surface area contributed by atoms with Gasteiger partial charge in [0.2, 0.25) is 0 Å². The zero-order valence-electron chi connectivity index (χ0n) is 13.7. The van der Waals surface area contributed by atoms with Crippen molar-refractivity contribution in [3.63, 3.8) is 0 Å². The first-order valence-electron chi connectivity index (χ1n) is 8.68. The minimum atomic E-state index is -0.0621. The number of para-hydroxylation sites is 1. The lowest BCUT2D eigenvalue weighted by Gasteiger charge is -2.28. The lowest BCUT2D eigenvalue weighted by Crippen LogP contribution is -2.25. The first kappa shape index (κ1) is 15.7. The largest absolute Gasteiger partial charge is 0.357 e. The Morgan fingerprint density at radius 1 is 1.04 bits per heavy atom. The van der Waals surface area contributed by atoms with E-state index in [0.717, 1.165) is 41.5 Å². The Kier molecular flexibility index (Phi) is 3.61. The Morgan fingerprint density at radius 3 is 2.68 bits per heavy atom. The van der Waals surface area contributed by atoms with Gasteiger partial charge in [-0.05, 0) is 42.2 Å². The highest BCUT2D eigenvalue weighted by Crippen LogP contribution is 2.45. The molecule has 5 heteroatoms. The molecule has 3 N–H and O–H groups in total. The van der Waals surface area contributed by atoms with E-state index in [1.54, 1.807) is 0 Å². The number of nitrogens with one attached hydrogen (secondary N) is 1. The average Bonchev–Trinajstić information content (AvgIpc) is 3.37. The quantitative estimate of drug-likeness (QED) is 0.794. The molecule has 2 heterocycles. The third-order valence-electron chi connectivity index (χ3n) is 5.49. The second kappa shape index (κ2) is 5.75. The Balaban J connectivity index is 1.59. The molecule has 1 saturated carbocycles. The second-order valence-electron chi connectivity index (χ2n) is 7.14. The van der Waals surface area contributed by atoms with E-state index in [9.17, 15) is 0 Å². The van der Waals surface area contributed by atoms with Gasteiger partial charge in [-0.1, -0.05) is 41.4 Å². The summed E-state index contributed by atoms with van der Waals surface area (Å²) in [7, 11) is 0. The molecule has 1 fully saturated rings. The molecule has 3 aliphatic rings. The van der Waals surface area contributed by atoms with E-state index in [-0.39, 0.29) is 6.04 Å². The molecule has 2 aliphatic heterocycles. The predicted molar refractivity (Wildman–Crippen MR) is 104 cm³/mol. The zero-order valence-corrected chi connectivity index (χ0v) is 15.2. The van der Waals surface area contributed by atoms with E-state index >= 15 is 0 Å². The fraction of sp³-hybridized carbons (Fsp3) is 0.300. The summed E-state index contributed by atoms with van der Waals surface area (Å²) in [6.07, 6.45) is 2.62. The van der Waals surface area contributed by atoms with Crippen molar-refractivity contribution in [1.29, 1.82) is 0 Å². The van der Waals surface area contributed by atoms with Gasteiger partial charge in [0.1, 0.15) is 0 Å². The van der Waals surface area contributed by atoms with E-state index in [1.165, 1.54) is 24.1 Å². The van der Waals surface area contributed by atoms with Crippen LogP contribution in [0.2, 0.25) is 10.0 Å². The third-order valence-corrected chi connectivity index (χ3v) is 6.05. The van der Waals surface area contributed by atoms with Crippen molar-refractivity contribution >= 4 is 28.9 Å². The summed E-state index contributed by atoms with van der Waals surface area (Å²) in [5.41, 5.74) is 13.4. The molecule has 2 aromatic carbocycles. The van der Waals surface area contributed by atoms with Crippen molar-refractivity contribution in [3.05, 3.63) is 63.3 Å². The third kappa shape index (κ3) is 2.58. The van der Waals surface area contributed by atoms with Crippen molar-refractivity contribution in [2.45, 2.75) is 24.9 Å². The highest BCUT2D eigenvalue weighted by Gasteiger charge is 2.38.